The average molecular weight is 250 g/mol. The molecule has 94 valence electrons. The molecule has 0 atom stereocenters. The summed E-state index contributed by atoms with van der Waals surface area (Å²) in [7, 11) is 1.66. The molecule has 3 heteroatoms. The zero-order chi connectivity index (χ0) is 13.2. The van der Waals surface area contributed by atoms with Gasteiger partial charge >= 0.3 is 0 Å². The van der Waals surface area contributed by atoms with Crippen LogP contribution in [0.25, 0.3) is 22.3 Å². The van der Waals surface area contributed by atoms with E-state index in [9.17, 15) is 0 Å². The fourth-order valence-corrected chi connectivity index (χ4v) is 2.10. The van der Waals surface area contributed by atoms with Crippen molar-refractivity contribution in [2.45, 2.75) is 6.92 Å². The molecule has 0 unspecified atom stereocenters. The van der Waals surface area contributed by atoms with Crippen molar-refractivity contribution in [1.29, 1.82) is 0 Å². The molecule has 3 rings (SSSR count). The second-order valence-corrected chi connectivity index (χ2v) is 4.38. The molecule has 1 heterocycles. The van der Waals surface area contributed by atoms with E-state index in [4.69, 9.17) is 4.74 Å². The SMILES string of the molecule is COc1ccc(-c2nc(C)c3ccccc3n2)cc1. The number of benzene rings is 2. The molecule has 2 aromatic carbocycles. The standard InChI is InChI=1S/C16H14N2O/c1-11-14-5-3-4-6-15(14)18-16(17-11)12-7-9-13(19-2)10-8-12/h3-10H,1-2H3. The van der Waals surface area contributed by atoms with Crippen LogP contribution in [0.4, 0.5) is 0 Å². The Kier molecular flexibility index (Phi) is 2.88. The summed E-state index contributed by atoms with van der Waals surface area (Å²) in [6, 6.07) is 15.8. The molecule has 0 fully saturated rings. The van der Waals surface area contributed by atoms with Crippen molar-refractivity contribution in [3.63, 3.8) is 0 Å². The quantitative estimate of drug-likeness (QED) is 0.696. The number of hydrogen-bond donors (Lipinski definition) is 0. The summed E-state index contributed by atoms with van der Waals surface area (Å²) in [6.45, 7) is 2.01. The number of fused-ring (bicyclic) bond motifs is 1. The zero-order valence-corrected chi connectivity index (χ0v) is 10.9. The summed E-state index contributed by atoms with van der Waals surface area (Å²) in [6.07, 6.45) is 0. The average Bonchev–Trinajstić information content (AvgIpc) is 2.47. The van der Waals surface area contributed by atoms with E-state index < -0.39 is 0 Å². The van der Waals surface area contributed by atoms with Crippen molar-refractivity contribution in [3.05, 3.63) is 54.2 Å². The Labute approximate surface area is 111 Å². The fraction of sp³-hybridized carbons (Fsp3) is 0.125. The van der Waals surface area contributed by atoms with E-state index in [1.165, 1.54) is 0 Å². The van der Waals surface area contributed by atoms with E-state index in [1.807, 2.05) is 55.5 Å². The summed E-state index contributed by atoms with van der Waals surface area (Å²) in [5.41, 5.74) is 2.96. The lowest BCUT2D eigenvalue weighted by Gasteiger charge is -2.06. The second-order valence-electron chi connectivity index (χ2n) is 4.38. The highest BCUT2D eigenvalue weighted by molar-refractivity contribution is 5.82. The van der Waals surface area contributed by atoms with Gasteiger partial charge < -0.3 is 4.74 Å². The third-order valence-electron chi connectivity index (χ3n) is 3.14. The van der Waals surface area contributed by atoms with Crippen molar-refractivity contribution in [2.75, 3.05) is 7.11 Å². The van der Waals surface area contributed by atoms with Crippen LogP contribution < -0.4 is 4.74 Å². The molecule has 0 spiro atoms. The lowest BCUT2D eigenvalue weighted by atomic mass is 10.1. The van der Waals surface area contributed by atoms with Gasteiger partial charge in [-0.05, 0) is 37.3 Å². The fourth-order valence-electron chi connectivity index (χ4n) is 2.10. The van der Waals surface area contributed by atoms with E-state index in [-0.39, 0.29) is 0 Å². The maximum atomic E-state index is 5.16. The topological polar surface area (TPSA) is 35.0 Å². The van der Waals surface area contributed by atoms with Crippen LogP contribution >= 0.6 is 0 Å². The number of aromatic nitrogens is 2. The van der Waals surface area contributed by atoms with Gasteiger partial charge in [-0.15, -0.1) is 0 Å². The number of methoxy groups -OCH3 is 1. The van der Waals surface area contributed by atoms with Crippen LogP contribution in [0.5, 0.6) is 5.75 Å². The normalized spacial score (nSPS) is 10.6. The van der Waals surface area contributed by atoms with Crippen molar-refractivity contribution >= 4 is 10.9 Å². The van der Waals surface area contributed by atoms with Crippen LogP contribution in [-0.2, 0) is 0 Å². The van der Waals surface area contributed by atoms with Gasteiger partial charge in [0.2, 0.25) is 0 Å². The van der Waals surface area contributed by atoms with Crippen LogP contribution in [0.3, 0.4) is 0 Å². The van der Waals surface area contributed by atoms with Crippen molar-refractivity contribution < 1.29 is 4.74 Å². The second kappa shape index (κ2) is 4.69. The summed E-state index contributed by atoms with van der Waals surface area (Å²) < 4.78 is 5.16. The molecule has 19 heavy (non-hydrogen) atoms. The number of nitrogens with zero attached hydrogens (tertiary/aromatic N) is 2. The summed E-state index contributed by atoms with van der Waals surface area (Å²) in [5, 5.41) is 1.10. The van der Waals surface area contributed by atoms with Gasteiger partial charge in [0.05, 0.1) is 12.6 Å². The van der Waals surface area contributed by atoms with Gasteiger partial charge in [-0.3, -0.25) is 0 Å². The monoisotopic (exact) mass is 250 g/mol. The van der Waals surface area contributed by atoms with Gasteiger partial charge in [-0.1, -0.05) is 18.2 Å². The number of para-hydroxylation sites is 1. The molecule has 0 aliphatic heterocycles. The molecule has 0 N–H and O–H groups in total. The van der Waals surface area contributed by atoms with Crippen LogP contribution in [0, 0.1) is 6.92 Å². The first-order valence-electron chi connectivity index (χ1n) is 6.16. The summed E-state index contributed by atoms with van der Waals surface area (Å²) >= 11 is 0. The predicted molar refractivity (Wildman–Crippen MR) is 76.3 cm³/mol. The van der Waals surface area contributed by atoms with Crippen LogP contribution in [0.2, 0.25) is 0 Å². The Balaban J connectivity index is 2.14. The molecule has 3 aromatic rings. The van der Waals surface area contributed by atoms with Gasteiger partial charge in [-0.25, -0.2) is 9.97 Å². The number of ether oxygens (including phenoxy) is 1. The van der Waals surface area contributed by atoms with E-state index >= 15 is 0 Å². The minimum absolute atomic E-state index is 0.749. The van der Waals surface area contributed by atoms with Gasteiger partial charge in [-0.2, -0.15) is 0 Å². The Morgan fingerprint density at radius 2 is 1.63 bits per heavy atom. The van der Waals surface area contributed by atoms with Crippen molar-refractivity contribution in [3.8, 4) is 17.1 Å². The third kappa shape index (κ3) is 2.15. The Hall–Kier alpha value is -2.42. The first-order chi connectivity index (χ1) is 9.28. The molecule has 3 nitrogen and oxygen atoms in total. The first-order valence-corrected chi connectivity index (χ1v) is 6.16. The van der Waals surface area contributed by atoms with E-state index in [1.54, 1.807) is 7.11 Å². The highest BCUT2D eigenvalue weighted by Gasteiger charge is 2.06. The summed E-state index contributed by atoms with van der Waals surface area (Å²) in [4.78, 5) is 9.19. The predicted octanol–water partition coefficient (Wildman–Crippen LogP) is 3.61. The maximum absolute atomic E-state index is 5.16. The molecule has 0 radical (unpaired) electrons. The van der Waals surface area contributed by atoms with Crippen molar-refractivity contribution in [2.24, 2.45) is 0 Å². The molecular formula is C16H14N2O. The molecule has 0 aliphatic carbocycles. The summed E-state index contributed by atoms with van der Waals surface area (Å²) in [5.74, 6) is 1.58. The molecule has 0 saturated heterocycles. The zero-order valence-electron chi connectivity index (χ0n) is 10.9. The van der Waals surface area contributed by atoms with Crippen LogP contribution in [0.15, 0.2) is 48.5 Å². The van der Waals surface area contributed by atoms with Crippen molar-refractivity contribution in [1.82, 2.24) is 9.97 Å². The van der Waals surface area contributed by atoms with E-state index in [2.05, 4.69) is 9.97 Å². The number of aryl methyl sites for hydroxylation is 1. The Bertz CT molecular complexity index is 720. The molecule has 0 amide bonds. The minimum Gasteiger partial charge on any atom is -0.497 e. The molecule has 0 aliphatic rings. The van der Waals surface area contributed by atoms with E-state index in [0.29, 0.717) is 0 Å². The molecule has 0 bridgehead atoms. The third-order valence-corrected chi connectivity index (χ3v) is 3.14. The number of rotatable bonds is 2. The Morgan fingerprint density at radius 1 is 0.895 bits per heavy atom. The van der Waals surface area contributed by atoms with Gasteiger partial charge in [0.1, 0.15) is 5.75 Å². The highest BCUT2D eigenvalue weighted by Crippen LogP contribution is 2.22. The highest BCUT2D eigenvalue weighted by atomic mass is 16.5. The molecular weight excluding hydrogens is 236 g/mol. The Morgan fingerprint density at radius 3 is 2.37 bits per heavy atom. The lowest BCUT2D eigenvalue weighted by molar-refractivity contribution is 0.415. The maximum Gasteiger partial charge on any atom is 0.160 e. The van der Waals surface area contributed by atoms with Gasteiger partial charge in [0, 0.05) is 16.6 Å². The lowest BCUT2D eigenvalue weighted by Crippen LogP contribution is -1.94. The van der Waals surface area contributed by atoms with E-state index in [0.717, 1.165) is 33.7 Å². The minimum atomic E-state index is 0.749. The number of hydrogen-bond acceptors (Lipinski definition) is 3. The largest absolute Gasteiger partial charge is 0.497 e. The molecule has 1 aromatic heterocycles. The van der Waals surface area contributed by atoms with Crippen LogP contribution in [-0.4, -0.2) is 17.1 Å². The van der Waals surface area contributed by atoms with Gasteiger partial charge in [0.25, 0.3) is 0 Å². The van der Waals surface area contributed by atoms with Gasteiger partial charge in [0.15, 0.2) is 5.82 Å². The molecule has 0 saturated carbocycles. The van der Waals surface area contributed by atoms with Crippen LogP contribution in [0.1, 0.15) is 5.69 Å². The smallest absolute Gasteiger partial charge is 0.160 e. The first kappa shape index (κ1) is 11.7.